The molecule has 2 bridgehead atoms. The monoisotopic (exact) mass is 621 g/mol. The molecule has 10 heteroatoms. The van der Waals surface area contributed by atoms with Crippen LogP contribution in [-0.4, -0.2) is 67.2 Å². The Morgan fingerprint density at radius 3 is 2.61 bits per heavy atom. The van der Waals surface area contributed by atoms with Gasteiger partial charge in [-0.1, -0.05) is 62.6 Å². The molecule has 3 aliphatic heterocycles. The summed E-state index contributed by atoms with van der Waals surface area (Å²) in [6.07, 6.45) is 6.61. The van der Waals surface area contributed by atoms with Gasteiger partial charge in [0.25, 0.3) is 0 Å². The van der Waals surface area contributed by atoms with Crippen LogP contribution in [0.2, 0.25) is 5.02 Å². The largest absolute Gasteiger partial charge is 0.493 e. The number of amides is 3. The van der Waals surface area contributed by atoms with Crippen LogP contribution in [0.1, 0.15) is 38.7 Å². The van der Waals surface area contributed by atoms with E-state index in [1.54, 1.807) is 43.4 Å². The normalized spacial score (nSPS) is 32.0. The Labute approximate surface area is 263 Å². The SMILES string of the molecule is COc1ccc(CCN2C(=O)[C@H]3[C@H](C(=O)Nc4cccc(Cl)c4)[C@H]4C=C[C@@]3(O4)[C@@H]2C(=O)N[C@@H]2CCC[C@@H](C)[C@H]2C)cc1OC. The topological polar surface area (TPSA) is 106 Å². The van der Waals surface area contributed by atoms with Crippen molar-refractivity contribution in [2.24, 2.45) is 23.7 Å². The first kappa shape index (κ1) is 30.5. The number of nitrogens with one attached hydrogen (secondary N) is 2. The first-order valence-corrected chi connectivity index (χ1v) is 15.8. The molecule has 4 aliphatic rings. The van der Waals surface area contributed by atoms with E-state index in [1.165, 1.54) is 0 Å². The van der Waals surface area contributed by atoms with E-state index in [0.717, 1.165) is 24.8 Å². The molecule has 2 aromatic carbocycles. The van der Waals surface area contributed by atoms with Crippen LogP contribution in [0.25, 0.3) is 0 Å². The lowest BCUT2D eigenvalue weighted by atomic mass is 9.73. The number of halogens is 1. The lowest BCUT2D eigenvalue weighted by Gasteiger charge is -2.38. The van der Waals surface area contributed by atoms with Crippen LogP contribution >= 0.6 is 11.6 Å². The Kier molecular flexibility index (Phi) is 8.37. The van der Waals surface area contributed by atoms with Gasteiger partial charge in [-0.2, -0.15) is 0 Å². The highest BCUT2D eigenvalue weighted by Gasteiger charge is 2.72. The highest BCUT2D eigenvalue weighted by Crippen LogP contribution is 2.55. The maximum Gasteiger partial charge on any atom is 0.246 e. The van der Waals surface area contributed by atoms with Crippen molar-refractivity contribution < 1.29 is 28.6 Å². The summed E-state index contributed by atoms with van der Waals surface area (Å²) < 4.78 is 17.4. The first-order valence-electron chi connectivity index (χ1n) is 15.4. The predicted octanol–water partition coefficient (Wildman–Crippen LogP) is 4.63. The molecule has 2 N–H and O–H groups in total. The summed E-state index contributed by atoms with van der Waals surface area (Å²) in [5.41, 5.74) is 0.229. The first-order chi connectivity index (χ1) is 21.2. The summed E-state index contributed by atoms with van der Waals surface area (Å²) in [5, 5.41) is 6.72. The highest BCUT2D eigenvalue weighted by atomic mass is 35.5. The van der Waals surface area contributed by atoms with Crippen LogP contribution in [0.3, 0.4) is 0 Å². The van der Waals surface area contributed by atoms with Gasteiger partial charge in [-0.05, 0) is 60.6 Å². The summed E-state index contributed by atoms with van der Waals surface area (Å²) in [6.45, 7) is 4.67. The van der Waals surface area contributed by atoms with Gasteiger partial charge in [-0.3, -0.25) is 14.4 Å². The molecule has 1 aliphatic carbocycles. The quantitative estimate of drug-likeness (QED) is 0.396. The molecular formula is C34H40ClN3O6. The van der Waals surface area contributed by atoms with Gasteiger partial charge < -0.3 is 29.7 Å². The van der Waals surface area contributed by atoms with E-state index in [4.69, 9.17) is 25.8 Å². The van der Waals surface area contributed by atoms with Crippen LogP contribution in [-0.2, 0) is 25.5 Å². The minimum absolute atomic E-state index is 0.00834. The van der Waals surface area contributed by atoms with Gasteiger partial charge in [0.1, 0.15) is 11.6 Å². The summed E-state index contributed by atoms with van der Waals surface area (Å²) in [7, 11) is 3.16. The van der Waals surface area contributed by atoms with Gasteiger partial charge in [0.2, 0.25) is 17.7 Å². The third kappa shape index (κ3) is 5.24. The zero-order chi connectivity index (χ0) is 31.2. The minimum Gasteiger partial charge on any atom is -0.493 e. The third-order valence-corrected chi connectivity index (χ3v) is 10.4. The Bertz CT molecular complexity index is 1480. The maximum absolute atomic E-state index is 14.3. The predicted molar refractivity (Wildman–Crippen MR) is 167 cm³/mol. The summed E-state index contributed by atoms with van der Waals surface area (Å²) in [4.78, 5) is 44.0. The maximum atomic E-state index is 14.3. The number of fused-ring (bicyclic) bond motifs is 1. The number of likely N-dealkylation sites (tertiary alicyclic amines) is 1. The smallest absolute Gasteiger partial charge is 0.246 e. The average molecular weight is 622 g/mol. The van der Waals surface area contributed by atoms with E-state index in [9.17, 15) is 14.4 Å². The highest BCUT2D eigenvalue weighted by molar-refractivity contribution is 6.30. The number of anilines is 1. The number of benzene rings is 2. The molecule has 8 atom stereocenters. The molecule has 44 heavy (non-hydrogen) atoms. The number of methoxy groups -OCH3 is 2. The van der Waals surface area contributed by atoms with Crippen molar-refractivity contribution in [2.75, 3.05) is 26.1 Å². The molecule has 234 valence electrons. The fourth-order valence-corrected chi connectivity index (χ4v) is 7.82. The van der Waals surface area contributed by atoms with E-state index >= 15 is 0 Å². The van der Waals surface area contributed by atoms with Crippen molar-refractivity contribution in [1.29, 1.82) is 0 Å². The van der Waals surface area contributed by atoms with E-state index in [-0.39, 0.29) is 30.3 Å². The van der Waals surface area contributed by atoms with Gasteiger partial charge in [-0.25, -0.2) is 0 Å². The van der Waals surface area contributed by atoms with Crippen LogP contribution < -0.4 is 20.1 Å². The van der Waals surface area contributed by atoms with Gasteiger partial charge >= 0.3 is 0 Å². The zero-order valence-electron chi connectivity index (χ0n) is 25.5. The van der Waals surface area contributed by atoms with Crippen molar-refractivity contribution in [1.82, 2.24) is 10.2 Å². The second-order valence-corrected chi connectivity index (χ2v) is 13.0. The Morgan fingerprint density at radius 2 is 1.86 bits per heavy atom. The molecule has 0 aromatic heterocycles. The average Bonchev–Trinajstić information content (AvgIpc) is 3.65. The van der Waals surface area contributed by atoms with E-state index in [1.807, 2.05) is 30.4 Å². The molecule has 3 amide bonds. The van der Waals surface area contributed by atoms with Gasteiger partial charge in [-0.15, -0.1) is 0 Å². The second kappa shape index (κ2) is 12.1. The van der Waals surface area contributed by atoms with Gasteiger partial charge in [0.05, 0.1) is 32.2 Å². The zero-order valence-corrected chi connectivity index (χ0v) is 26.3. The minimum atomic E-state index is -1.23. The summed E-state index contributed by atoms with van der Waals surface area (Å²) in [5.74, 6) is -0.450. The number of nitrogens with zero attached hydrogens (tertiary/aromatic N) is 1. The molecular weight excluding hydrogens is 582 g/mol. The van der Waals surface area contributed by atoms with Crippen LogP contribution in [0.5, 0.6) is 11.5 Å². The van der Waals surface area contributed by atoms with E-state index in [0.29, 0.717) is 40.5 Å². The molecule has 9 nitrogen and oxygen atoms in total. The van der Waals surface area contributed by atoms with Crippen LogP contribution in [0.4, 0.5) is 5.69 Å². The summed E-state index contributed by atoms with van der Waals surface area (Å²) >= 11 is 6.15. The molecule has 1 saturated carbocycles. The molecule has 6 rings (SSSR count). The van der Waals surface area contributed by atoms with Gasteiger partial charge in [0.15, 0.2) is 11.5 Å². The number of hydrogen-bond acceptors (Lipinski definition) is 6. The Morgan fingerprint density at radius 1 is 1.07 bits per heavy atom. The Balaban J connectivity index is 1.30. The molecule has 0 unspecified atom stereocenters. The van der Waals surface area contributed by atoms with Crippen LogP contribution in [0, 0.1) is 23.7 Å². The number of carbonyl (C=O) groups is 3. The summed E-state index contributed by atoms with van der Waals surface area (Å²) in [6, 6.07) is 11.6. The second-order valence-electron chi connectivity index (χ2n) is 12.6. The van der Waals surface area contributed by atoms with Crippen molar-refractivity contribution in [2.45, 2.75) is 63.3 Å². The molecule has 3 heterocycles. The van der Waals surface area contributed by atoms with Crippen molar-refractivity contribution in [3.63, 3.8) is 0 Å². The van der Waals surface area contributed by atoms with Gasteiger partial charge in [0, 0.05) is 23.3 Å². The van der Waals surface area contributed by atoms with Crippen molar-refractivity contribution >= 4 is 35.0 Å². The van der Waals surface area contributed by atoms with E-state index in [2.05, 4.69) is 24.5 Å². The number of ether oxygens (including phenoxy) is 3. The van der Waals surface area contributed by atoms with Crippen molar-refractivity contribution in [3.05, 3.63) is 65.2 Å². The fraction of sp³-hybridized carbons (Fsp3) is 0.500. The lowest BCUT2D eigenvalue weighted by molar-refractivity contribution is -0.141. The molecule has 2 aromatic rings. The van der Waals surface area contributed by atoms with Crippen molar-refractivity contribution in [3.8, 4) is 11.5 Å². The number of carbonyl (C=O) groups excluding carboxylic acids is 3. The fourth-order valence-electron chi connectivity index (χ4n) is 7.63. The third-order valence-electron chi connectivity index (χ3n) is 10.1. The molecule has 3 fully saturated rings. The lowest BCUT2D eigenvalue weighted by Crippen LogP contribution is -2.58. The molecule has 2 saturated heterocycles. The molecule has 0 radical (unpaired) electrons. The number of rotatable bonds is 9. The van der Waals surface area contributed by atoms with E-state index < -0.39 is 29.6 Å². The van der Waals surface area contributed by atoms with Crippen LogP contribution in [0.15, 0.2) is 54.6 Å². The molecule has 1 spiro atoms. The standard InChI is InChI=1S/C34H40ClN3O6/c1-19-7-5-10-24(20(19)2)37-32(40)30-34-15-13-26(44-34)28(31(39)36-23-9-6-8-22(35)18-23)29(34)33(41)38(30)16-14-21-11-12-25(42-3)27(17-21)43-4/h6,8-9,11-13,15,17-20,24,26,28-30H,5,7,10,14,16H2,1-4H3,(H,36,39)(H,37,40)/t19-,20-,24-,26-,28-,29-,30+,34+/m1/s1. The number of hydrogen-bond donors (Lipinski definition) is 2. The Hall–Kier alpha value is -3.56.